The van der Waals surface area contributed by atoms with E-state index in [1.54, 1.807) is 0 Å². The maximum atomic E-state index is 2.55. The minimum Gasteiger partial charge on any atom is -0.0914 e. The van der Waals surface area contributed by atoms with Gasteiger partial charge in [0.15, 0.2) is 0 Å². The van der Waals surface area contributed by atoms with E-state index in [2.05, 4.69) is 38.2 Å². The van der Waals surface area contributed by atoms with Crippen LogP contribution in [0.2, 0.25) is 0 Å². The van der Waals surface area contributed by atoms with Crippen molar-refractivity contribution in [1.82, 2.24) is 0 Å². The van der Waals surface area contributed by atoms with E-state index in [1.807, 2.05) is 0 Å². The van der Waals surface area contributed by atoms with Crippen molar-refractivity contribution in [2.45, 2.75) is 84.5 Å². The molecule has 0 aromatic heterocycles. The average molecular weight is 289 g/mol. The predicted octanol–water partition coefficient (Wildman–Crippen LogP) is 6.92. The first-order valence-electron chi connectivity index (χ1n) is 9.61. The molecular weight excluding hydrogens is 252 g/mol. The van der Waals surface area contributed by atoms with Crippen molar-refractivity contribution in [3.05, 3.63) is 24.3 Å². The van der Waals surface area contributed by atoms with Gasteiger partial charge in [-0.3, -0.25) is 0 Å². The molecule has 0 atom stereocenters. The molecular formula is C21H36. The molecule has 0 aromatic carbocycles. The van der Waals surface area contributed by atoms with Crippen LogP contribution in [0.15, 0.2) is 24.3 Å². The van der Waals surface area contributed by atoms with Crippen LogP contribution < -0.4 is 0 Å². The van der Waals surface area contributed by atoms with E-state index in [0.717, 1.165) is 23.7 Å². The van der Waals surface area contributed by atoms with E-state index in [9.17, 15) is 0 Å². The normalized spacial score (nSPS) is 34.8. The lowest BCUT2D eigenvalue weighted by atomic mass is 9.79. The Hall–Kier alpha value is -0.520. The van der Waals surface area contributed by atoms with Gasteiger partial charge in [0.05, 0.1) is 0 Å². The van der Waals surface area contributed by atoms with Gasteiger partial charge in [-0.2, -0.15) is 0 Å². The number of hydrogen-bond acceptors (Lipinski definition) is 0. The molecule has 0 bridgehead atoms. The van der Waals surface area contributed by atoms with E-state index in [4.69, 9.17) is 0 Å². The highest BCUT2D eigenvalue weighted by Crippen LogP contribution is 2.33. The highest BCUT2D eigenvalue weighted by atomic mass is 14.2. The van der Waals surface area contributed by atoms with Crippen LogP contribution in [0.25, 0.3) is 0 Å². The highest BCUT2D eigenvalue weighted by molar-refractivity contribution is 4.92. The van der Waals surface area contributed by atoms with Crippen molar-refractivity contribution < 1.29 is 0 Å². The molecule has 2 saturated carbocycles. The molecule has 120 valence electrons. The standard InChI is InChI=1S/C21H36/c1-3-7-19-14-16-21(17-15-19)9-6-5-8-20-12-10-18(4-2)11-13-20/h3,5,7-8,18-21H,4,6,9-17H2,1-2H3/b7-3?,8-5+. The van der Waals surface area contributed by atoms with Crippen LogP contribution in [0.3, 0.4) is 0 Å². The number of rotatable bonds is 6. The van der Waals surface area contributed by atoms with Gasteiger partial charge in [-0.25, -0.2) is 0 Å². The van der Waals surface area contributed by atoms with Gasteiger partial charge in [0.2, 0.25) is 0 Å². The van der Waals surface area contributed by atoms with Crippen molar-refractivity contribution in [3.63, 3.8) is 0 Å². The van der Waals surface area contributed by atoms with E-state index in [1.165, 1.54) is 70.6 Å². The lowest BCUT2D eigenvalue weighted by Crippen LogP contribution is -2.13. The molecule has 0 radical (unpaired) electrons. The summed E-state index contributed by atoms with van der Waals surface area (Å²) in [5.41, 5.74) is 0. The number of allylic oxidation sites excluding steroid dienone is 4. The molecule has 0 heterocycles. The van der Waals surface area contributed by atoms with Crippen LogP contribution in [-0.2, 0) is 0 Å². The quantitative estimate of drug-likeness (QED) is 0.465. The van der Waals surface area contributed by atoms with Crippen LogP contribution in [-0.4, -0.2) is 0 Å². The monoisotopic (exact) mass is 288 g/mol. The molecule has 21 heavy (non-hydrogen) atoms. The fraction of sp³-hybridized carbons (Fsp3) is 0.810. The fourth-order valence-corrected chi connectivity index (χ4v) is 4.35. The van der Waals surface area contributed by atoms with E-state index in [0.29, 0.717) is 0 Å². The first-order valence-corrected chi connectivity index (χ1v) is 9.61. The summed E-state index contributed by atoms with van der Waals surface area (Å²) in [5, 5.41) is 0. The van der Waals surface area contributed by atoms with Crippen LogP contribution in [0, 0.1) is 23.7 Å². The van der Waals surface area contributed by atoms with Gasteiger partial charge >= 0.3 is 0 Å². The Morgan fingerprint density at radius 3 is 1.90 bits per heavy atom. The minimum absolute atomic E-state index is 0.885. The zero-order valence-corrected chi connectivity index (χ0v) is 14.4. The largest absolute Gasteiger partial charge is 0.0914 e. The van der Waals surface area contributed by atoms with Gasteiger partial charge in [0.25, 0.3) is 0 Å². The second-order valence-corrected chi connectivity index (χ2v) is 7.50. The molecule has 2 aliphatic carbocycles. The summed E-state index contributed by atoms with van der Waals surface area (Å²) in [6, 6.07) is 0. The Bertz CT molecular complexity index is 309. The predicted molar refractivity (Wildman–Crippen MR) is 94.4 cm³/mol. The molecule has 0 saturated heterocycles. The Morgan fingerprint density at radius 1 is 0.762 bits per heavy atom. The Labute approximate surface area is 133 Å². The van der Waals surface area contributed by atoms with Gasteiger partial charge in [-0.1, -0.05) is 37.6 Å². The second kappa shape index (κ2) is 9.49. The Kier molecular flexibility index (Phi) is 7.61. The maximum Gasteiger partial charge on any atom is -0.0233 e. The molecule has 0 unspecified atom stereocenters. The third kappa shape index (κ3) is 6.01. The van der Waals surface area contributed by atoms with Gasteiger partial charge in [-0.05, 0) is 94.8 Å². The molecule has 2 rings (SSSR count). The average Bonchev–Trinajstić information content (AvgIpc) is 2.54. The molecule has 0 nitrogen and oxygen atoms in total. The van der Waals surface area contributed by atoms with Crippen LogP contribution in [0.4, 0.5) is 0 Å². The fourth-order valence-electron chi connectivity index (χ4n) is 4.35. The Balaban J connectivity index is 1.56. The highest BCUT2D eigenvalue weighted by Gasteiger charge is 2.19. The van der Waals surface area contributed by atoms with Crippen LogP contribution in [0.5, 0.6) is 0 Å². The van der Waals surface area contributed by atoms with Crippen molar-refractivity contribution in [1.29, 1.82) is 0 Å². The molecule has 2 aliphatic rings. The molecule has 0 aromatic rings. The summed E-state index contributed by atoms with van der Waals surface area (Å²) in [7, 11) is 0. The van der Waals surface area contributed by atoms with Crippen molar-refractivity contribution in [2.24, 2.45) is 23.7 Å². The van der Waals surface area contributed by atoms with Gasteiger partial charge in [-0.15, -0.1) is 0 Å². The maximum absolute atomic E-state index is 2.55. The minimum atomic E-state index is 0.885. The van der Waals surface area contributed by atoms with Gasteiger partial charge in [0, 0.05) is 0 Å². The van der Waals surface area contributed by atoms with Gasteiger partial charge in [0.1, 0.15) is 0 Å². The summed E-state index contributed by atoms with van der Waals surface area (Å²) < 4.78 is 0. The second-order valence-electron chi connectivity index (χ2n) is 7.50. The smallest absolute Gasteiger partial charge is 0.0233 e. The molecule has 0 amide bonds. The summed E-state index contributed by atoms with van der Waals surface area (Å²) in [5.74, 6) is 3.82. The SMILES string of the molecule is CC=CC1CCC(CC/C=C/C2CCC(CC)CC2)CC1. The van der Waals surface area contributed by atoms with Crippen molar-refractivity contribution in [2.75, 3.05) is 0 Å². The van der Waals surface area contributed by atoms with Crippen molar-refractivity contribution >= 4 is 0 Å². The van der Waals surface area contributed by atoms with Crippen LogP contribution in [0.1, 0.15) is 84.5 Å². The first-order chi connectivity index (χ1) is 10.3. The zero-order valence-electron chi connectivity index (χ0n) is 14.4. The van der Waals surface area contributed by atoms with E-state index < -0.39 is 0 Å². The zero-order chi connectivity index (χ0) is 14.9. The summed E-state index contributed by atoms with van der Waals surface area (Å²) in [6.07, 6.45) is 25.5. The van der Waals surface area contributed by atoms with Crippen LogP contribution >= 0.6 is 0 Å². The van der Waals surface area contributed by atoms with Gasteiger partial charge < -0.3 is 0 Å². The molecule has 0 spiro atoms. The lowest BCUT2D eigenvalue weighted by molar-refractivity contribution is 0.295. The first kappa shape index (κ1) is 16.8. The molecule has 0 N–H and O–H groups in total. The summed E-state index contributed by atoms with van der Waals surface area (Å²) in [6.45, 7) is 4.51. The van der Waals surface area contributed by atoms with Crippen molar-refractivity contribution in [3.8, 4) is 0 Å². The third-order valence-electron chi connectivity index (χ3n) is 5.97. The topological polar surface area (TPSA) is 0 Å². The number of hydrogen-bond donors (Lipinski definition) is 0. The van der Waals surface area contributed by atoms with E-state index in [-0.39, 0.29) is 0 Å². The summed E-state index contributed by atoms with van der Waals surface area (Å²) >= 11 is 0. The lowest BCUT2D eigenvalue weighted by Gasteiger charge is -2.27. The third-order valence-corrected chi connectivity index (χ3v) is 5.97. The molecule has 0 heteroatoms. The summed E-state index contributed by atoms with van der Waals surface area (Å²) in [4.78, 5) is 0. The Morgan fingerprint density at radius 2 is 1.33 bits per heavy atom. The molecule has 0 aliphatic heterocycles. The van der Waals surface area contributed by atoms with E-state index >= 15 is 0 Å². The molecule has 2 fully saturated rings.